The first-order valence-electron chi connectivity index (χ1n) is 6.95. The molecule has 21 heavy (non-hydrogen) atoms. The van der Waals surface area contributed by atoms with Crippen molar-refractivity contribution in [2.24, 2.45) is 0 Å². The highest BCUT2D eigenvalue weighted by atomic mass is 16.5. The van der Waals surface area contributed by atoms with Gasteiger partial charge in [0.2, 0.25) is 5.91 Å². The van der Waals surface area contributed by atoms with Crippen LogP contribution in [-0.2, 0) is 17.8 Å². The molecule has 0 radical (unpaired) electrons. The maximum Gasteiger partial charge on any atom is 0.227 e. The quantitative estimate of drug-likeness (QED) is 0.942. The maximum atomic E-state index is 11.9. The molecule has 0 atom stereocenters. The molecule has 3 rings (SSSR count). The van der Waals surface area contributed by atoms with Gasteiger partial charge in [-0.1, -0.05) is 30.3 Å². The summed E-state index contributed by atoms with van der Waals surface area (Å²) in [6.45, 7) is 0.431. The molecule has 1 N–H and O–H groups in total. The minimum absolute atomic E-state index is 0.0395. The maximum absolute atomic E-state index is 11.9. The van der Waals surface area contributed by atoms with Gasteiger partial charge in [-0.2, -0.15) is 0 Å². The largest absolute Gasteiger partial charge is 0.508 e. The van der Waals surface area contributed by atoms with Crippen LogP contribution in [0.3, 0.4) is 0 Å². The predicted octanol–water partition coefficient (Wildman–Crippen LogP) is 2.88. The average Bonchev–Trinajstić information content (AvgIpc) is 2.51. The van der Waals surface area contributed by atoms with Crippen molar-refractivity contribution < 1.29 is 14.6 Å². The lowest BCUT2D eigenvalue weighted by molar-refractivity contribution is -0.118. The fraction of sp³-hybridized carbons (Fsp3) is 0.235. The molecule has 0 bridgehead atoms. The highest BCUT2D eigenvalue weighted by molar-refractivity contribution is 5.98. The molecule has 1 heterocycles. The molecule has 4 heteroatoms. The number of carbonyl (C=O) groups is 1. The second kappa shape index (κ2) is 5.48. The van der Waals surface area contributed by atoms with Crippen molar-refractivity contribution in [2.45, 2.75) is 19.4 Å². The minimum Gasteiger partial charge on any atom is -0.508 e. The molecule has 108 valence electrons. The van der Waals surface area contributed by atoms with E-state index in [1.165, 1.54) is 0 Å². The summed E-state index contributed by atoms with van der Waals surface area (Å²) in [5, 5.41) is 9.98. The third-order valence-corrected chi connectivity index (χ3v) is 3.76. The lowest BCUT2D eigenvalue weighted by Crippen LogP contribution is -2.31. The number of carbonyl (C=O) groups excluding carboxylic acids is 1. The molecular weight excluding hydrogens is 266 g/mol. The number of amides is 1. The van der Waals surface area contributed by atoms with E-state index in [9.17, 15) is 9.90 Å². The third-order valence-electron chi connectivity index (χ3n) is 3.76. The zero-order chi connectivity index (χ0) is 14.8. The molecule has 2 aromatic carbocycles. The lowest BCUT2D eigenvalue weighted by Gasteiger charge is -2.28. The van der Waals surface area contributed by atoms with E-state index in [2.05, 4.69) is 0 Å². The number of rotatable bonds is 3. The summed E-state index contributed by atoms with van der Waals surface area (Å²) in [6.07, 6.45) is 0.964. The fourth-order valence-electron chi connectivity index (χ4n) is 2.59. The Morgan fingerprint density at radius 1 is 1.14 bits per heavy atom. The Bertz CT molecular complexity index is 667. The second-order valence-corrected chi connectivity index (χ2v) is 5.14. The van der Waals surface area contributed by atoms with Crippen molar-refractivity contribution in [2.75, 3.05) is 11.9 Å². The molecule has 2 aromatic rings. The van der Waals surface area contributed by atoms with Crippen molar-refractivity contribution in [1.82, 2.24) is 0 Å². The first-order chi connectivity index (χ1) is 10.2. The summed E-state index contributed by atoms with van der Waals surface area (Å²) in [7, 11) is 1.72. The number of phenolic OH excluding ortho intramolecular Hbond substituents is 1. The molecule has 1 amide bonds. The van der Waals surface area contributed by atoms with E-state index in [-0.39, 0.29) is 11.7 Å². The summed E-state index contributed by atoms with van der Waals surface area (Å²) in [5.74, 6) is 0.885. The van der Waals surface area contributed by atoms with Crippen molar-refractivity contribution in [3.63, 3.8) is 0 Å². The van der Waals surface area contributed by atoms with Crippen molar-refractivity contribution in [3.05, 3.63) is 53.6 Å². The number of fused-ring (bicyclic) bond motifs is 1. The number of phenols is 1. The molecule has 1 aliphatic heterocycles. The van der Waals surface area contributed by atoms with Crippen LogP contribution in [0.25, 0.3) is 0 Å². The van der Waals surface area contributed by atoms with Crippen LogP contribution < -0.4 is 9.64 Å². The van der Waals surface area contributed by atoms with E-state index in [0.717, 1.165) is 11.1 Å². The van der Waals surface area contributed by atoms with Crippen LogP contribution in [-0.4, -0.2) is 18.1 Å². The Labute approximate surface area is 123 Å². The van der Waals surface area contributed by atoms with Crippen LogP contribution in [0.5, 0.6) is 11.5 Å². The van der Waals surface area contributed by atoms with Gasteiger partial charge in [0.05, 0.1) is 5.69 Å². The zero-order valence-corrected chi connectivity index (χ0v) is 11.9. The van der Waals surface area contributed by atoms with E-state index < -0.39 is 0 Å². The van der Waals surface area contributed by atoms with Crippen LogP contribution in [0, 0.1) is 0 Å². The number of benzene rings is 2. The van der Waals surface area contributed by atoms with E-state index in [4.69, 9.17) is 4.74 Å². The molecule has 0 fully saturated rings. The molecular formula is C17H17NO3. The van der Waals surface area contributed by atoms with Gasteiger partial charge < -0.3 is 14.7 Å². The normalized spacial score (nSPS) is 14.0. The van der Waals surface area contributed by atoms with E-state index in [1.807, 2.05) is 30.3 Å². The Balaban J connectivity index is 1.91. The molecule has 0 unspecified atom stereocenters. The van der Waals surface area contributed by atoms with Gasteiger partial charge in [0.1, 0.15) is 18.1 Å². The summed E-state index contributed by atoms with van der Waals surface area (Å²) in [4.78, 5) is 13.5. The highest BCUT2D eigenvalue weighted by Crippen LogP contribution is 2.41. The third kappa shape index (κ3) is 2.57. The Morgan fingerprint density at radius 2 is 1.90 bits per heavy atom. The number of nitrogens with zero attached hydrogens (tertiary/aromatic N) is 1. The first-order valence-corrected chi connectivity index (χ1v) is 6.95. The van der Waals surface area contributed by atoms with E-state index in [0.29, 0.717) is 30.9 Å². The van der Waals surface area contributed by atoms with Gasteiger partial charge in [-0.25, -0.2) is 0 Å². The van der Waals surface area contributed by atoms with E-state index >= 15 is 0 Å². The van der Waals surface area contributed by atoms with Crippen LogP contribution in [0.15, 0.2) is 42.5 Å². The molecule has 4 nitrogen and oxygen atoms in total. The Kier molecular flexibility index (Phi) is 3.52. The van der Waals surface area contributed by atoms with Gasteiger partial charge in [-0.3, -0.25) is 4.79 Å². The molecule has 0 saturated carbocycles. The Morgan fingerprint density at radius 3 is 2.67 bits per heavy atom. The SMILES string of the molecule is CN1C(=O)CCc2c(O)ccc(OCc3ccccc3)c21. The summed E-state index contributed by atoms with van der Waals surface area (Å²) >= 11 is 0. The molecule has 0 spiro atoms. The fourth-order valence-corrected chi connectivity index (χ4v) is 2.59. The molecule has 0 aliphatic carbocycles. The Hall–Kier alpha value is -2.49. The van der Waals surface area contributed by atoms with Crippen molar-refractivity contribution in [3.8, 4) is 11.5 Å². The highest BCUT2D eigenvalue weighted by Gasteiger charge is 2.26. The number of aromatic hydroxyl groups is 1. The predicted molar refractivity (Wildman–Crippen MR) is 80.6 cm³/mol. The van der Waals surface area contributed by atoms with E-state index in [1.54, 1.807) is 24.1 Å². The first kappa shape index (κ1) is 13.5. The topological polar surface area (TPSA) is 49.8 Å². The smallest absolute Gasteiger partial charge is 0.227 e. The summed E-state index contributed by atoms with van der Waals surface area (Å²) in [6, 6.07) is 13.2. The van der Waals surface area contributed by atoms with Gasteiger partial charge in [0, 0.05) is 19.0 Å². The summed E-state index contributed by atoms with van der Waals surface area (Å²) < 4.78 is 5.86. The van der Waals surface area contributed by atoms with Crippen LogP contribution in [0.1, 0.15) is 17.5 Å². The lowest BCUT2D eigenvalue weighted by atomic mass is 10.00. The van der Waals surface area contributed by atoms with Crippen LogP contribution in [0.4, 0.5) is 5.69 Å². The average molecular weight is 283 g/mol. The molecule has 0 aromatic heterocycles. The number of ether oxygens (including phenoxy) is 1. The second-order valence-electron chi connectivity index (χ2n) is 5.14. The van der Waals surface area contributed by atoms with Crippen LogP contribution >= 0.6 is 0 Å². The van der Waals surface area contributed by atoms with Gasteiger partial charge in [-0.05, 0) is 24.1 Å². The number of hydrogen-bond acceptors (Lipinski definition) is 3. The van der Waals surface area contributed by atoms with Gasteiger partial charge >= 0.3 is 0 Å². The van der Waals surface area contributed by atoms with Crippen LogP contribution in [0.2, 0.25) is 0 Å². The monoisotopic (exact) mass is 283 g/mol. The van der Waals surface area contributed by atoms with Crippen molar-refractivity contribution in [1.29, 1.82) is 0 Å². The van der Waals surface area contributed by atoms with Gasteiger partial charge in [-0.15, -0.1) is 0 Å². The van der Waals surface area contributed by atoms with Gasteiger partial charge in [0.15, 0.2) is 0 Å². The number of hydrogen-bond donors (Lipinski definition) is 1. The van der Waals surface area contributed by atoms with Crippen molar-refractivity contribution >= 4 is 11.6 Å². The van der Waals surface area contributed by atoms with Gasteiger partial charge in [0.25, 0.3) is 0 Å². The molecule has 1 aliphatic rings. The summed E-state index contributed by atoms with van der Waals surface area (Å²) in [5.41, 5.74) is 2.52. The zero-order valence-electron chi connectivity index (χ0n) is 11.9. The standard InChI is InChI=1S/C17H17NO3/c1-18-16(20)10-7-13-14(19)8-9-15(17(13)18)21-11-12-5-3-2-4-6-12/h2-6,8-9,19H,7,10-11H2,1H3. The molecule has 0 saturated heterocycles. The number of anilines is 1. The minimum atomic E-state index is 0.0395.